The molecule has 3 heterocycles. The molecule has 0 atom stereocenters. The Morgan fingerprint density at radius 3 is 2.47 bits per heavy atom. The van der Waals surface area contributed by atoms with E-state index < -0.39 is 5.82 Å². The molecule has 11 heteroatoms. The van der Waals surface area contributed by atoms with Crippen LogP contribution in [0.15, 0.2) is 53.4 Å². The van der Waals surface area contributed by atoms with Gasteiger partial charge in [-0.2, -0.15) is 5.10 Å². The Morgan fingerprint density at radius 2 is 1.78 bits per heavy atom. The van der Waals surface area contributed by atoms with Crippen LogP contribution in [0.3, 0.4) is 0 Å². The van der Waals surface area contributed by atoms with Crippen LogP contribution in [0.4, 0.5) is 14.6 Å². The van der Waals surface area contributed by atoms with Crippen molar-refractivity contribution in [1.29, 1.82) is 0 Å². The predicted molar refractivity (Wildman–Crippen MR) is 111 cm³/mol. The lowest BCUT2D eigenvalue weighted by molar-refractivity contribution is 0.280. The zero-order valence-corrected chi connectivity index (χ0v) is 16.9. The summed E-state index contributed by atoms with van der Waals surface area (Å²) in [6.45, 7) is -0.206. The van der Waals surface area contributed by atoms with Crippen LogP contribution < -0.4 is 4.90 Å². The molecule has 0 aliphatic carbocycles. The van der Waals surface area contributed by atoms with Gasteiger partial charge in [0.15, 0.2) is 17.5 Å². The van der Waals surface area contributed by atoms with Gasteiger partial charge in [-0.25, -0.2) is 18.7 Å². The van der Waals surface area contributed by atoms with Crippen molar-refractivity contribution in [2.45, 2.75) is 6.54 Å². The van der Waals surface area contributed by atoms with E-state index in [1.807, 2.05) is 0 Å². The number of nitrogens with zero attached hydrogens (tertiary/aromatic N) is 6. The zero-order chi connectivity index (χ0) is 22.5. The molecule has 0 bridgehead atoms. The second-order valence-corrected chi connectivity index (χ2v) is 6.85. The van der Waals surface area contributed by atoms with E-state index in [0.29, 0.717) is 22.6 Å². The molecule has 2 N–H and O–H groups in total. The molecule has 0 saturated heterocycles. The van der Waals surface area contributed by atoms with Crippen LogP contribution in [-0.4, -0.2) is 61.4 Å². The minimum absolute atomic E-state index is 0.0651. The fourth-order valence-electron chi connectivity index (χ4n) is 3.25. The van der Waals surface area contributed by atoms with E-state index in [9.17, 15) is 19.0 Å². The Balaban J connectivity index is 1.76. The molecule has 9 nitrogen and oxygen atoms in total. The largest absolute Gasteiger partial charge is 0.395 e. The SMILES string of the molecule is OCCN(CCO)c1nc(-c2cc(-c3ccon3)n(Cc3ccccc3F)n2)ncc1F. The number of hydrogen-bond donors (Lipinski definition) is 2. The Labute approximate surface area is 181 Å². The number of rotatable bonds is 9. The summed E-state index contributed by atoms with van der Waals surface area (Å²) in [5.41, 5.74) is 1.75. The van der Waals surface area contributed by atoms with Crippen LogP contribution in [0.5, 0.6) is 0 Å². The number of aromatic nitrogens is 5. The third-order valence-corrected chi connectivity index (χ3v) is 4.75. The molecule has 32 heavy (non-hydrogen) atoms. The molecule has 166 valence electrons. The quantitative estimate of drug-likeness (QED) is 0.405. The van der Waals surface area contributed by atoms with E-state index in [2.05, 4.69) is 20.2 Å². The minimum Gasteiger partial charge on any atom is -0.395 e. The summed E-state index contributed by atoms with van der Waals surface area (Å²) in [6.07, 6.45) is 2.41. The summed E-state index contributed by atoms with van der Waals surface area (Å²) < 4.78 is 35.1. The van der Waals surface area contributed by atoms with Crippen molar-refractivity contribution in [3.63, 3.8) is 0 Å². The first-order valence-corrected chi connectivity index (χ1v) is 9.82. The highest BCUT2D eigenvalue weighted by Crippen LogP contribution is 2.26. The lowest BCUT2D eigenvalue weighted by Gasteiger charge is -2.22. The smallest absolute Gasteiger partial charge is 0.183 e. The fourth-order valence-corrected chi connectivity index (χ4v) is 3.25. The lowest BCUT2D eigenvalue weighted by Crippen LogP contribution is -2.31. The molecule has 4 aromatic rings. The summed E-state index contributed by atoms with van der Waals surface area (Å²) in [4.78, 5) is 9.72. The molecule has 0 aliphatic heterocycles. The van der Waals surface area contributed by atoms with Crippen molar-refractivity contribution in [1.82, 2.24) is 24.9 Å². The van der Waals surface area contributed by atoms with Crippen molar-refractivity contribution >= 4 is 5.82 Å². The van der Waals surface area contributed by atoms with Crippen LogP contribution in [0.2, 0.25) is 0 Å². The molecule has 1 aromatic carbocycles. The van der Waals surface area contributed by atoms with Crippen molar-refractivity contribution in [3.8, 4) is 22.9 Å². The minimum atomic E-state index is -0.696. The highest BCUT2D eigenvalue weighted by atomic mass is 19.1. The average molecular weight is 442 g/mol. The number of halogens is 2. The summed E-state index contributed by atoms with van der Waals surface area (Å²) in [7, 11) is 0. The maximum absolute atomic E-state index is 14.4. The first-order valence-electron chi connectivity index (χ1n) is 9.82. The van der Waals surface area contributed by atoms with Gasteiger partial charge < -0.3 is 19.6 Å². The van der Waals surface area contributed by atoms with Gasteiger partial charge in [0.25, 0.3) is 0 Å². The van der Waals surface area contributed by atoms with Crippen LogP contribution in [0, 0.1) is 11.6 Å². The standard InChI is InChI=1S/C21H20F2N6O3/c22-15-4-2-1-3-14(15)13-29-19(17-5-10-32-27-17)11-18(26-29)20-24-12-16(23)21(25-20)28(6-8-30)7-9-31/h1-5,10-12,30-31H,6-9,13H2. The van der Waals surface area contributed by atoms with Gasteiger partial charge in [0.1, 0.15) is 23.5 Å². The summed E-state index contributed by atoms with van der Waals surface area (Å²) in [5, 5.41) is 26.9. The molecule has 0 radical (unpaired) electrons. The molecule has 0 amide bonds. The Morgan fingerprint density at radius 1 is 1.00 bits per heavy atom. The van der Waals surface area contributed by atoms with Gasteiger partial charge in [0, 0.05) is 24.7 Å². The Kier molecular flexibility index (Phi) is 6.47. The topological polar surface area (TPSA) is 113 Å². The number of anilines is 1. The Hall–Kier alpha value is -3.70. The molecular formula is C21H20F2N6O3. The van der Waals surface area contributed by atoms with Crippen LogP contribution in [-0.2, 0) is 6.54 Å². The predicted octanol–water partition coefficient (Wildman–Crippen LogP) is 2.11. The van der Waals surface area contributed by atoms with E-state index >= 15 is 0 Å². The molecule has 0 unspecified atom stereocenters. The van der Waals surface area contributed by atoms with Crippen molar-refractivity contribution in [2.75, 3.05) is 31.2 Å². The van der Waals surface area contributed by atoms with Gasteiger partial charge >= 0.3 is 0 Å². The van der Waals surface area contributed by atoms with Crippen molar-refractivity contribution in [3.05, 3.63) is 66.1 Å². The van der Waals surface area contributed by atoms with Crippen LogP contribution in [0.1, 0.15) is 5.56 Å². The second-order valence-electron chi connectivity index (χ2n) is 6.85. The maximum Gasteiger partial charge on any atom is 0.183 e. The molecule has 0 saturated carbocycles. The van der Waals surface area contributed by atoms with Crippen LogP contribution in [0.25, 0.3) is 22.9 Å². The number of aliphatic hydroxyl groups is 2. The third-order valence-electron chi connectivity index (χ3n) is 4.75. The van der Waals surface area contributed by atoms with Crippen molar-refractivity contribution in [2.24, 2.45) is 0 Å². The van der Waals surface area contributed by atoms with E-state index in [1.165, 1.54) is 21.9 Å². The molecule has 0 fully saturated rings. The average Bonchev–Trinajstić information content (AvgIpc) is 3.46. The number of aliphatic hydroxyl groups excluding tert-OH is 2. The number of hydrogen-bond acceptors (Lipinski definition) is 8. The fraction of sp³-hybridized carbons (Fsp3) is 0.238. The van der Waals surface area contributed by atoms with Gasteiger partial charge in [0.05, 0.1) is 31.6 Å². The molecule has 0 aliphatic rings. The van der Waals surface area contributed by atoms with Gasteiger partial charge in [-0.15, -0.1) is 0 Å². The molecule has 4 rings (SSSR count). The van der Waals surface area contributed by atoms with E-state index in [4.69, 9.17) is 4.52 Å². The van der Waals surface area contributed by atoms with Crippen LogP contribution >= 0.6 is 0 Å². The van der Waals surface area contributed by atoms with E-state index in [0.717, 1.165) is 6.20 Å². The third kappa shape index (κ3) is 4.48. The summed E-state index contributed by atoms with van der Waals surface area (Å²) in [5.74, 6) is -1.01. The highest BCUT2D eigenvalue weighted by molar-refractivity contribution is 5.63. The van der Waals surface area contributed by atoms with E-state index in [1.54, 1.807) is 30.3 Å². The monoisotopic (exact) mass is 442 g/mol. The zero-order valence-electron chi connectivity index (χ0n) is 16.9. The first kappa shape index (κ1) is 21.5. The van der Waals surface area contributed by atoms with Gasteiger partial charge in [-0.1, -0.05) is 23.4 Å². The van der Waals surface area contributed by atoms with Gasteiger partial charge in [0.2, 0.25) is 0 Å². The Bertz CT molecular complexity index is 1180. The van der Waals surface area contributed by atoms with E-state index in [-0.39, 0.29) is 50.3 Å². The first-order chi connectivity index (χ1) is 15.6. The second kappa shape index (κ2) is 9.62. The molecular weight excluding hydrogens is 422 g/mol. The number of benzene rings is 1. The molecule has 3 aromatic heterocycles. The summed E-state index contributed by atoms with van der Waals surface area (Å²) >= 11 is 0. The maximum atomic E-state index is 14.4. The summed E-state index contributed by atoms with van der Waals surface area (Å²) in [6, 6.07) is 9.63. The van der Waals surface area contributed by atoms with Gasteiger partial charge in [-0.3, -0.25) is 4.68 Å². The normalized spacial score (nSPS) is 11.1. The lowest BCUT2D eigenvalue weighted by atomic mass is 10.2. The van der Waals surface area contributed by atoms with Crippen molar-refractivity contribution < 1.29 is 23.5 Å². The highest BCUT2D eigenvalue weighted by Gasteiger charge is 2.20. The van der Waals surface area contributed by atoms with Gasteiger partial charge in [-0.05, 0) is 12.1 Å². The molecule has 0 spiro atoms.